The van der Waals surface area contributed by atoms with Gasteiger partial charge in [0.25, 0.3) is 0 Å². The van der Waals surface area contributed by atoms with Gasteiger partial charge in [0.2, 0.25) is 0 Å². The molecule has 1 saturated heterocycles. The van der Waals surface area contributed by atoms with Gasteiger partial charge in [-0.1, -0.05) is 25.2 Å². The quantitative estimate of drug-likeness (QED) is 0.898. The fourth-order valence-corrected chi connectivity index (χ4v) is 3.83. The highest BCUT2D eigenvalue weighted by Gasteiger charge is 2.25. The van der Waals surface area contributed by atoms with Gasteiger partial charge in [-0.25, -0.2) is 4.98 Å². The first-order valence-electron chi connectivity index (χ1n) is 6.01. The van der Waals surface area contributed by atoms with Gasteiger partial charge >= 0.3 is 0 Å². The lowest BCUT2D eigenvalue weighted by Crippen LogP contribution is -2.26. The third-order valence-electron chi connectivity index (χ3n) is 3.03. The molecule has 1 unspecified atom stereocenters. The predicted molar refractivity (Wildman–Crippen MR) is 76.1 cm³/mol. The number of nitrogens with zero attached hydrogens (tertiary/aromatic N) is 2. The maximum absolute atomic E-state index is 9.52. The van der Waals surface area contributed by atoms with Crippen molar-refractivity contribution < 1.29 is 5.11 Å². The van der Waals surface area contributed by atoms with E-state index >= 15 is 0 Å². The molecule has 2 heterocycles. The molecule has 3 nitrogen and oxygen atoms in total. The van der Waals surface area contributed by atoms with Crippen LogP contribution in [0, 0.1) is 0 Å². The van der Waals surface area contributed by atoms with E-state index in [2.05, 4.69) is 23.7 Å². The molecule has 0 spiro atoms. The van der Waals surface area contributed by atoms with E-state index in [0.29, 0.717) is 4.75 Å². The van der Waals surface area contributed by atoms with Crippen LogP contribution in [-0.4, -0.2) is 33.7 Å². The van der Waals surface area contributed by atoms with Crippen molar-refractivity contribution in [3.05, 3.63) is 11.1 Å². The molecule has 1 aliphatic rings. The average molecular weight is 272 g/mol. The number of anilines is 1. The molecule has 0 aliphatic carbocycles. The summed E-state index contributed by atoms with van der Waals surface area (Å²) in [5, 5.41) is 10.6. The first-order chi connectivity index (χ1) is 7.98. The van der Waals surface area contributed by atoms with Gasteiger partial charge in [-0.2, -0.15) is 11.8 Å². The van der Waals surface area contributed by atoms with Crippen molar-refractivity contribution in [2.45, 2.75) is 38.0 Å². The lowest BCUT2D eigenvalue weighted by Gasteiger charge is -2.22. The molecule has 0 saturated carbocycles. The minimum absolute atomic E-state index is 0.374. The van der Waals surface area contributed by atoms with Gasteiger partial charge < -0.3 is 10.0 Å². The molecule has 96 valence electrons. The van der Waals surface area contributed by atoms with E-state index in [9.17, 15) is 5.11 Å². The third-order valence-corrected chi connectivity index (χ3v) is 5.63. The summed E-state index contributed by atoms with van der Waals surface area (Å²) in [4.78, 5) is 7.73. The maximum atomic E-state index is 9.52. The molecule has 1 aromatic rings. The summed E-state index contributed by atoms with van der Waals surface area (Å²) in [5.74, 6) is 1.15. The number of aliphatic hydroxyl groups is 1. The number of aromatic nitrogens is 1. The van der Waals surface area contributed by atoms with E-state index in [-0.39, 0.29) is 0 Å². The summed E-state index contributed by atoms with van der Waals surface area (Å²) in [6.07, 6.45) is 2.58. The second kappa shape index (κ2) is 5.16. The molecule has 1 N–H and O–H groups in total. The van der Waals surface area contributed by atoms with E-state index in [0.717, 1.165) is 28.9 Å². The Morgan fingerprint density at radius 3 is 2.88 bits per heavy atom. The smallest absolute Gasteiger partial charge is 0.185 e. The van der Waals surface area contributed by atoms with Gasteiger partial charge in [0, 0.05) is 29.8 Å². The Labute approximate surface area is 111 Å². The number of hydrogen-bond donors (Lipinski definition) is 1. The fraction of sp³-hybridized carbons (Fsp3) is 0.750. The molecule has 1 fully saturated rings. The molecule has 1 aromatic heterocycles. The Kier molecular flexibility index (Phi) is 4.00. The van der Waals surface area contributed by atoms with Crippen molar-refractivity contribution >= 4 is 28.2 Å². The maximum Gasteiger partial charge on any atom is 0.185 e. The van der Waals surface area contributed by atoms with Crippen LogP contribution in [0.2, 0.25) is 0 Å². The summed E-state index contributed by atoms with van der Waals surface area (Å²) in [6, 6.07) is 0. The molecule has 1 atom stereocenters. The lowest BCUT2D eigenvalue weighted by molar-refractivity contribution is 0.203. The summed E-state index contributed by atoms with van der Waals surface area (Å²) < 4.78 is 0.374. The lowest BCUT2D eigenvalue weighted by atomic mass is 10.1. The van der Waals surface area contributed by atoms with Gasteiger partial charge in [-0.3, -0.25) is 0 Å². The van der Waals surface area contributed by atoms with E-state index in [1.165, 1.54) is 6.42 Å². The Morgan fingerprint density at radius 2 is 2.24 bits per heavy atom. The average Bonchev–Trinajstić information content (AvgIpc) is 2.65. The number of rotatable bonds is 2. The van der Waals surface area contributed by atoms with Gasteiger partial charge in [-0.15, -0.1) is 0 Å². The van der Waals surface area contributed by atoms with Crippen molar-refractivity contribution in [1.82, 2.24) is 4.98 Å². The number of thioether (sulfide) groups is 1. The van der Waals surface area contributed by atoms with Crippen molar-refractivity contribution in [1.29, 1.82) is 0 Å². The van der Waals surface area contributed by atoms with Gasteiger partial charge in [-0.05, 0) is 13.3 Å². The fourth-order valence-electron chi connectivity index (χ4n) is 1.83. The van der Waals surface area contributed by atoms with Crippen LogP contribution in [0.3, 0.4) is 0 Å². The Morgan fingerprint density at radius 1 is 1.47 bits per heavy atom. The molecular weight excluding hydrogens is 252 g/mol. The van der Waals surface area contributed by atoms with Gasteiger partial charge in [0.15, 0.2) is 5.13 Å². The monoisotopic (exact) mass is 272 g/mol. The largest absolute Gasteiger partial charge is 0.388 e. The van der Waals surface area contributed by atoms with E-state index in [4.69, 9.17) is 0 Å². The Hall–Kier alpha value is -0.260. The zero-order valence-electron chi connectivity index (χ0n) is 10.6. The van der Waals surface area contributed by atoms with Crippen LogP contribution in [0.15, 0.2) is 6.20 Å². The van der Waals surface area contributed by atoms with Crippen molar-refractivity contribution in [3.63, 3.8) is 0 Å². The first-order valence-corrected chi connectivity index (χ1v) is 7.81. The molecule has 2 rings (SSSR count). The SMILES string of the molecule is CC(O)c1cnc(N2CCSC(C)(C)CC2)s1. The van der Waals surface area contributed by atoms with Crippen LogP contribution in [-0.2, 0) is 0 Å². The number of thiazole rings is 1. The van der Waals surface area contributed by atoms with Gasteiger partial charge in [0.1, 0.15) is 0 Å². The highest BCUT2D eigenvalue weighted by atomic mass is 32.2. The summed E-state index contributed by atoms with van der Waals surface area (Å²) in [5.41, 5.74) is 0. The van der Waals surface area contributed by atoms with Crippen LogP contribution in [0.5, 0.6) is 0 Å². The van der Waals surface area contributed by atoms with Gasteiger partial charge in [0.05, 0.1) is 11.0 Å². The molecule has 0 amide bonds. The Bertz CT molecular complexity index is 376. The number of hydrogen-bond acceptors (Lipinski definition) is 5. The van der Waals surface area contributed by atoms with E-state index < -0.39 is 6.10 Å². The first kappa shape index (κ1) is 13.2. The van der Waals surface area contributed by atoms with E-state index in [1.54, 1.807) is 24.5 Å². The van der Waals surface area contributed by atoms with Crippen LogP contribution in [0.25, 0.3) is 0 Å². The molecule has 5 heteroatoms. The highest BCUT2D eigenvalue weighted by Crippen LogP contribution is 2.34. The third kappa shape index (κ3) is 3.36. The van der Waals surface area contributed by atoms with Crippen molar-refractivity contribution in [2.75, 3.05) is 23.7 Å². The second-order valence-electron chi connectivity index (χ2n) is 5.07. The molecule has 0 bridgehead atoms. The van der Waals surface area contributed by atoms with Crippen LogP contribution in [0.4, 0.5) is 5.13 Å². The predicted octanol–water partition coefficient (Wildman–Crippen LogP) is 2.92. The molecule has 0 aromatic carbocycles. The Balaban J connectivity index is 2.06. The van der Waals surface area contributed by atoms with Crippen molar-refractivity contribution in [2.24, 2.45) is 0 Å². The van der Waals surface area contributed by atoms with Crippen molar-refractivity contribution in [3.8, 4) is 0 Å². The topological polar surface area (TPSA) is 36.4 Å². The summed E-state index contributed by atoms with van der Waals surface area (Å²) in [6.45, 7) is 8.53. The minimum atomic E-state index is -0.404. The zero-order valence-corrected chi connectivity index (χ0v) is 12.3. The summed E-state index contributed by atoms with van der Waals surface area (Å²) in [7, 11) is 0. The number of aliphatic hydroxyl groups excluding tert-OH is 1. The molecular formula is C12H20N2OS2. The molecule has 17 heavy (non-hydrogen) atoms. The molecule has 0 radical (unpaired) electrons. The second-order valence-corrected chi connectivity index (χ2v) is 7.91. The highest BCUT2D eigenvalue weighted by molar-refractivity contribution is 8.00. The van der Waals surface area contributed by atoms with E-state index in [1.807, 2.05) is 11.8 Å². The van der Waals surface area contributed by atoms with Crippen LogP contribution >= 0.6 is 23.1 Å². The van der Waals surface area contributed by atoms with Crippen LogP contribution in [0.1, 0.15) is 38.2 Å². The molecule has 1 aliphatic heterocycles. The summed E-state index contributed by atoms with van der Waals surface area (Å²) >= 11 is 3.65. The standard InChI is InChI=1S/C12H20N2OS2/c1-9(15)10-8-13-11(17-10)14-5-4-12(2,3)16-7-6-14/h8-9,15H,4-7H2,1-3H3. The minimum Gasteiger partial charge on any atom is -0.388 e. The zero-order chi connectivity index (χ0) is 12.5. The van der Waals surface area contributed by atoms with Crippen LogP contribution < -0.4 is 4.90 Å². The normalized spacial score (nSPS) is 22.2.